The van der Waals surface area contributed by atoms with E-state index in [2.05, 4.69) is 63.9 Å². The van der Waals surface area contributed by atoms with Crippen molar-refractivity contribution in [3.63, 3.8) is 0 Å². The lowest BCUT2D eigenvalue weighted by atomic mass is 9.92. The predicted molar refractivity (Wildman–Crippen MR) is 276 cm³/mol. The SMILES string of the molecule is CC(C)c1nc(CN(C)C(=O)N[C@H](C(=O)N[C@@H](Cc2ccccc2)C[C@H](OC(=O)[C@@H](NC(=O)N(C)Cc2csc(C(C)C)n2)C(C)C)[C@H](Cc2ccccc2)NC(=O)OCc2cncs2)C(C)C)cs1. The van der Waals surface area contributed by atoms with Gasteiger partial charge >= 0.3 is 24.1 Å². The minimum Gasteiger partial charge on any atom is -0.459 e. The van der Waals surface area contributed by atoms with E-state index in [-0.39, 0.29) is 50.3 Å². The number of hydrogen-bond acceptors (Lipinski definition) is 13. The molecule has 2 aromatic carbocycles. The second kappa shape index (κ2) is 26.9. The third kappa shape index (κ3) is 17.2. The van der Waals surface area contributed by atoms with Crippen molar-refractivity contribution in [2.24, 2.45) is 11.8 Å². The maximum atomic E-state index is 14.7. The number of benzene rings is 2. The minimum atomic E-state index is -1.10. The normalized spacial score (nSPS) is 13.6. The van der Waals surface area contributed by atoms with E-state index < -0.39 is 66.2 Å². The zero-order chi connectivity index (χ0) is 50.9. The summed E-state index contributed by atoms with van der Waals surface area (Å²) in [5.74, 6) is -1.40. The second-order valence-corrected chi connectivity index (χ2v) is 21.6. The summed E-state index contributed by atoms with van der Waals surface area (Å²) in [5.41, 5.74) is 4.86. The summed E-state index contributed by atoms with van der Waals surface area (Å²) in [4.78, 5) is 87.5. The number of hydrogen-bond donors (Lipinski definition) is 4. The highest BCUT2D eigenvalue weighted by molar-refractivity contribution is 7.10. The van der Waals surface area contributed by atoms with E-state index in [1.54, 1.807) is 37.1 Å². The number of nitrogens with one attached hydrogen (secondary N) is 4. The fourth-order valence-corrected chi connectivity index (χ4v) is 9.59. The molecular weight excluding hydrogens is 947 g/mol. The van der Waals surface area contributed by atoms with E-state index in [4.69, 9.17) is 9.47 Å². The van der Waals surface area contributed by atoms with Gasteiger partial charge in [0.05, 0.1) is 50.9 Å². The number of aromatic nitrogens is 3. The highest BCUT2D eigenvalue weighted by Crippen LogP contribution is 2.23. The van der Waals surface area contributed by atoms with Crippen LogP contribution in [-0.4, -0.2) is 99.2 Å². The van der Waals surface area contributed by atoms with Gasteiger partial charge in [-0.15, -0.1) is 34.0 Å². The average Bonchev–Trinajstić information content (AvgIpc) is 4.13. The van der Waals surface area contributed by atoms with Gasteiger partial charge in [-0.1, -0.05) is 116 Å². The topological polar surface area (TPSA) is 197 Å². The van der Waals surface area contributed by atoms with Crippen molar-refractivity contribution in [3.05, 3.63) is 121 Å². The first-order chi connectivity index (χ1) is 33.4. The van der Waals surface area contributed by atoms with Crippen LogP contribution in [0.3, 0.4) is 0 Å². The van der Waals surface area contributed by atoms with E-state index >= 15 is 0 Å². The lowest BCUT2D eigenvalue weighted by Gasteiger charge is -2.34. The summed E-state index contributed by atoms with van der Waals surface area (Å²) in [6.07, 6.45) is 0.307. The highest BCUT2D eigenvalue weighted by Gasteiger charge is 2.36. The number of urea groups is 2. The van der Waals surface area contributed by atoms with Crippen LogP contribution in [0.25, 0.3) is 0 Å². The molecule has 5 rings (SSSR count). The summed E-state index contributed by atoms with van der Waals surface area (Å²) < 4.78 is 12.2. The lowest BCUT2D eigenvalue weighted by molar-refractivity contribution is -0.155. The first-order valence-corrected chi connectivity index (χ1v) is 26.3. The Bertz CT molecular complexity index is 2410. The van der Waals surface area contributed by atoms with Crippen molar-refractivity contribution in [1.29, 1.82) is 0 Å². The van der Waals surface area contributed by atoms with Gasteiger partial charge in [0, 0.05) is 55.4 Å². The number of esters is 1. The zero-order valence-corrected chi connectivity index (χ0v) is 44.3. The maximum absolute atomic E-state index is 14.7. The smallest absolute Gasteiger partial charge is 0.407 e. The Labute approximate surface area is 424 Å². The van der Waals surface area contributed by atoms with E-state index in [1.165, 1.54) is 32.5 Å². The van der Waals surface area contributed by atoms with Crippen LogP contribution in [0.5, 0.6) is 0 Å². The van der Waals surface area contributed by atoms with Crippen LogP contribution in [0.15, 0.2) is 83.1 Å². The van der Waals surface area contributed by atoms with Crippen LogP contribution >= 0.6 is 34.0 Å². The van der Waals surface area contributed by atoms with Gasteiger partial charge in [0.15, 0.2) is 0 Å². The monoisotopic (exact) mass is 1020 g/mol. The number of amides is 6. The van der Waals surface area contributed by atoms with Gasteiger partial charge in [-0.3, -0.25) is 9.78 Å². The van der Waals surface area contributed by atoms with Crippen LogP contribution in [0.2, 0.25) is 0 Å². The molecule has 0 spiro atoms. The molecule has 0 aliphatic carbocycles. The number of alkyl carbamates (subject to hydrolysis) is 1. The van der Waals surface area contributed by atoms with Crippen molar-refractivity contribution < 1.29 is 33.4 Å². The maximum Gasteiger partial charge on any atom is 0.407 e. The number of ether oxygens (including phenoxy) is 2. The van der Waals surface area contributed by atoms with Crippen molar-refractivity contribution in [3.8, 4) is 0 Å². The molecule has 0 radical (unpaired) electrons. The molecule has 6 amide bonds. The van der Waals surface area contributed by atoms with Gasteiger partial charge in [-0.05, 0) is 35.8 Å². The summed E-state index contributed by atoms with van der Waals surface area (Å²) in [6, 6.07) is 14.4. The van der Waals surface area contributed by atoms with Crippen molar-refractivity contribution >= 4 is 64.0 Å². The van der Waals surface area contributed by atoms with Gasteiger partial charge in [-0.2, -0.15) is 0 Å². The van der Waals surface area contributed by atoms with Gasteiger partial charge in [0.1, 0.15) is 24.8 Å². The van der Waals surface area contributed by atoms with Crippen LogP contribution in [0.1, 0.15) is 111 Å². The number of thiazole rings is 3. The van der Waals surface area contributed by atoms with Gasteiger partial charge in [-0.25, -0.2) is 29.1 Å². The summed E-state index contributed by atoms with van der Waals surface area (Å²) >= 11 is 4.42. The molecule has 0 unspecified atom stereocenters. The minimum absolute atomic E-state index is 0.0142. The third-order valence-corrected chi connectivity index (χ3v) is 14.5. The molecule has 5 atom stereocenters. The van der Waals surface area contributed by atoms with Crippen LogP contribution < -0.4 is 21.3 Å². The second-order valence-electron chi connectivity index (χ2n) is 18.8. The molecule has 0 aliphatic heterocycles. The fourth-order valence-electron chi connectivity index (χ4n) is 7.44. The van der Waals surface area contributed by atoms with Gasteiger partial charge in [0.25, 0.3) is 0 Å². The Morgan fingerprint density at radius 2 is 1.16 bits per heavy atom. The van der Waals surface area contributed by atoms with Crippen molar-refractivity contribution in [2.75, 3.05) is 14.1 Å². The molecule has 4 N–H and O–H groups in total. The summed E-state index contributed by atoms with van der Waals surface area (Å²) in [7, 11) is 3.30. The number of nitrogens with zero attached hydrogens (tertiary/aromatic N) is 5. The Morgan fingerprint density at radius 1 is 0.643 bits per heavy atom. The number of carbonyl (C=O) groups excluding carboxylic acids is 5. The van der Waals surface area contributed by atoms with Crippen molar-refractivity contribution in [2.45, 2.75) is 136 Å². The number of carbonyl (C=O) groups is 5. The molecule has 0 bridgehead atoms. The van der Waals surface area contributed by atoms with E-state index in [1.807, 2.05) is 99.1 Å². The summed E-state index contributed by atoms with van der Waals surface area (Å²) in [6.45, 7) is 16.0. The number of rotatable bonds is 24. The molecular formula is C51H69N9O7S3. The molecule has 0 fully saturated rings. The Hall–Kier alpha value is -5.92. The molecule has 3 aromatic heterocycles. The Kier molecular flexibility index (Phi) is 21.1. The van der Waals surface area contributed by atoms with Gasteiger partial charge in [0.2, 0.25) is 5.91 Å². The Balaban J connectivity index is 1.45. The Morgan fingerprint density at radius 3 is 1.63 bits per heavy atom. The molecule has 0 aliphatic rings. The quantitative estimate of drug-likeness (QED) is 0.0433. The zero-order valence-electron chi connectivity index (χ0n) is 41.8. The van der Waals surface area contributed by atoms with Crippen LogP contribution in [0, 0.1) is 11.8 Å². The fraction of sp³-hybridized carbons (Fsp3) is 0.490. The first-order valence-electron chi connectivity index (χ1n) is 23.7. The molecule has 19 heteroatoms. The molecule has 5 aromatic rings. The van der Waals surface area contributed by atoms with E-state index in [0.29, 0.717) is 6.42 Å². The first kappa shape index (κ1) is 55.0. The average molecular weight is 1020 g/mol. The highest BCUT2D eigenvalue weighted by atomic mass is 32.1. The molecule has 16 nitrogen and oxygen atoms in total. The molecule has 0 saturated heterocycles. The summed E-state index contributed by atoms with van der Waals surface area (Å²) in [5, 5.41) is 17.8. The van der Waals surface area contributed by atoms with Crippen LogP contribution in [0.4, 0.5) is 14.4 Å². The van der Waals surface area contributed by atoms with E-state index in [0.717, 1.165) is 37.4 Å². The van der Waals surface area contributed by atoms with Gasteiger partial charge < -0.3 is 40.5 Å². The molecule has 378 valence electrons. The standard InChI is InChI=1S/C51H69N9O7S3/c1-31(2)43(57-49(63)59(9)25-38-28-68-46(54-38)33(5)6)45(61)53-37(21-35-17-13-11-14-18-35)23-42(41(22-36-19-15-12-16-20-36)56-51(65)66-27-40-24-52-30-70-40)67-48(62)44(32(3)4)58-50(64)60(10)26-39-29-69-47(55-39)34(7)8/h11-20,24,28-34,37,41-44H,21-23,25-27H2,1-10H3,(H,53,61)(H,56,65)(H,57,63)(H,58,64)/t37-,41-,42-,43-,44-/m0/s1. The molecule has 3 heterocycles. The third-order valence-electron chi connectivity index (χ3n) is 11.4. The molecule has 0 saturated carbocycles. The lowest BCUT2D eigenvalue weighted by Crippen LogP contribution is -2.57. The van der Waals surface area contributed by atoms with Crippen molar-refractivity contribution in [1.82, 2.24) is 46.0 Å². The predicted octanol–water partition coefficient (Wildman–Crippen LogP) is 8.90. The largest absolute Gasteiger partial charge is 0.459 e. The molecule has 70 heavy (non-hydrogen) atoms. The van der Waals surface area contributed by atoms with Crippen LogP contribution in [-0.2, 0) is 51.6 Å². The van der Waals surface area contributed by atoms with E-state index in [9.17, 15) is 24.0 Å².